The van der Waals surface area contributed by atoms with Crippen LogP contribution in [-0.2, 0) is 4.74 Å². The number of anilines is 1. The van der Waals surface area contributed by atoms with Crippen LogP contribution < -0.4 is 10.6 Å². The lowest BCUT2D eigenvalue weighted by Gasteiger charge is -2.22. The van der Waals surface area contributed by atoms with E-state index in [2.05, 4.69) is 36.0 Å². The Bertz CT molecular complexity index is 567. The highest BCUT2D eigenvalue weighted by molar-refractivity contribution is 9.09. The number of nitrogens with one attached hydrogen (secondary N) is 1. The molecule has 0 aromatic carbocycles. The molecule has 2 rings (SSSR count). The molecule has 0 aliphatic heterocycles. The molecule has 98 valence electrons. The summed E-state index contributed by atoms with van der Waals surface area (Å²) >= 11 is 3.41. The smallest absolute Gasteiger partial charge is 0.348 e. The monoisotopic (exact) mass is 315 g/mol. The first-order valence-corrected chi connectivity index (χ1v) is 6.61. The number of nitrogens with zero attached hydrogens (tertiary/aromatic N) is 4. The molecule has 18 heavy (non-hydrogen) atoms. The molecule has 0 saturated heterocycles. The second-order valence-corrected chi connectivity index (χ2v) is 4.47. The molecule has 1 N–H and O–H groups in total. The fraction of sp³-hybridized carbons (Fsp3) is 0.500. The highest BCUT2D eigenvalue weighted by Gasteiger charge is 2.09. The summed E-state index contributed by atoms with van der Waals surface area (Å²) in [7, 11) is 1.66. The Kier molecular flexibility index (Phi) is 4.32. The third kappa shape index (κ3) is 2.70. The largest absolute Gasteiger partial charge is 0.383 e. The molecule has 0 atom stereocenters. The maximum atomic E-state index is 11.3. The van der Waals surface area contributed by atoms with Gasteiger partial charge in [0.25, 0.3) is 0 Å². The Morgan fingerprint density at radius 3 is 3.11 bits per heavy atom. The third-order valence-corrected chi connectivity index (χ3v) is 2.89. The van der Waals surface area contributed by atoms with E-state index in [4.69, 9.17) is 4.74 Å². The molecule has 8 heteroatoms. The molecule has 0 amide bonds. The maximum Gasteiger partial charge on any atom is 0.348 e. The summed E-state index contributed by atoms with van der Waals surface area (Å²) in [4.78, 5) is 17.7. The van der Waals surface area contributed by atoms with Crippen LogP contribution in [0.3, 0.4) is 0 Å². The van der Waals surface area contributed by atoms with Gasteiger partial charge in [-0.2, -0.15) is 5.10 Å². The van der Waals surface area contributed by atoms with Crippen LogP contribution in [0.5, 0.6) is 0 Å². The molecule has 0 fully saturated rings. The predicted octanol–water partition coefficient (Wildman–Crippen LogP) is 0.265. The fourth-order valence-electron chi connectivity index (χ4n) is 1.62. The van der Waals surface area contributed by atoms with Gasteiger partial charge in [0.1, 0.15) is 12.1 Å². The van der Waals surface area contributed by atoms with E-state index in [0.29, 0.717) is 12.3 Å². The van der Waals surface area contributed by atoms with Gasteiger partial charge in [-0.15, -0.1) is 0 Å². The van der Waals surface area contributed by atoms with Crippen LogP contribution in [0.2, 0.25) is 0 Å². The van der Waals surface area contributed by atoms with E-state index in [-0.39, 0.29) is 5.69 Å². The average molecular weight is 316 g/mol. The molecular formula is C10H14BrN5O2. The molecule has 0 aliphatic rings. The number of halogens is 1. The van der Waals surface area contributed by atoms with Gasteiger partial charge in [0, 0.05) is 31.6 Å². The quantitative estimate of drug-likeness (QED) is 0.774. The van der Waals surface area contributed by atoms with E-state index < -0.39 is 0 Å². The molecular weight excluding hydrogens is 302 g/mol. The van der Waals surface area contributed by atoms with Crippen molar-refractivity contribution in [3.8, 4) is 0 Å². The maximum absolute atomic E-state index is 11.3. The summed E-state index contributed by atoms with van der Waals surface area (Å²) in [5, 5.41) is 7.13. The van der Waals surface area contributed by atoms with Gasteiger partial charge in [0.2, 0.25) is 0 Å². The van der Waals surface area contributed by atoms with Gasteiger partial charge in [0.15, 0.2) is 5.65 Å². The number of ether oxygens (including phenoxy) is 1. The normalized spacial score (nSPS) is 11.0. The second kappa shape index (κ2) is 5.96. The van der Waals surface area contributed by atoms with Crippen molar-refractivity contribution in [3.05, 3.63) is 22.9 Å². The van der Waals surface area contributed by atoms with Crippen molar-refractivity contribution >= 4 is 27.4 Å². The van der Waals surface area contributed by atoms with Crippen LogP contribution in [0.25, 0.3) is 5.65 Å². The second-order valence-electron chi connectivity index (χ2n) is 3.67. The van der Waals surface area contributed by atoms with Crippen molar-refractivity contribution in [1.29, 1.82) is 0 Å². The summed E-state index contributed by atoms with van der Waals surface area (Å²) in [6, 6.07) is 1.77. The SMILES string of the molecule is COCCN(CCBr)c1cc2n[nH]c(=O)n2cn1. The molecule has 2 heterocycles. The Balaban J connectivity index is 2.28. The molecule has 0 spiro atoms. The lowest BCUT2D eigenvalue weighted by Crippen LogP contribution is -2.30. The van der Waals surface area contributed by atoms with Gasteiger partial charge >= 0.3 is 5.69 Å². The molecule has 0 radical (unpaired) electrons. The lowest BCUT2D eigenvalue weighted by atomic mass is 10.4. The van der Waals surface area contributed by atoms with Crippen molar-refractivity contribution in [2.24, 2.45) is 0 Å². The summed E-state index contributed by atoms with van der Waals surface area (Å²) in [6.07, 6.45) is 1.48. The number of fused-ring (bicyclic) bond motifs is 1. The molecule has 0 saturated carbocycles. The fourth-order valence-corrected chi connectivity index (χ4v) is 2.05. The summed E-state index contributed by atoms with van der Waals surface area (Å²) in [6.45, 7) is 2.16. The van der Waals surface area contributed by atoms with Crippen LogP contribution in [0.1, 0.15) is 0 Å². The minimum Gasteiger partial charge on any atom is -0.383 e. The zero-order valence-electron chi connectivity index (χ0n) is 9.97. The molecule has 0 aliphatic carbocycles. The molecule has 2 aromatic heterocycles. The van der Waals surface area contributed by atoms with E-state index in [1.165, 1.54) is 10.7 Å². The zero-order chi connectivity index (χ0) is 13.0. The van der Waals surface area contributed by atoms with E-state index >= 15 is 0 Å². The van der Waals surface area contributed by atoms with Crippen molar-refractivity contribution < 1.29 is 4.74 Å². The van der Waals surface area contributed by atoms with Crippen LogP contribution in [0.4, 0.5) is 5.82 Å². The van der Waals surface area contributed by atoms with E-state index in [1.807, 2.05) is 0 Å². The van der Waals surface area contributed by atoms with E-state index in [1.54, 1.807) is 13.2 Å². The zero-order valence-corrected chi connectivity index (χ0v) is 11.6. The molecule has 2 aromatic rings. The number of aromatic amines is 1. The first-order chi connectivity index (χ1) is 8.76. The Morgan fingerprint density at radius 1 is 1.56 bits per heavy atom. The Labute approximate surface area is 112 Å². The van der Waals surface area contributed by atoms with E-state index in [9.17, 15) is 4.79 Å². The van der Waals surface area contributed by atoms with Crippen molar-refractivity contribution in [3.63, 3.8) is 0 Å². The van der Waals surface area contributed by atoms with Gasteiger partial charge < -0.3 is 9.64 Å². The number of rotatable bonds is 6. The number of hydrogen-bond acceptors (Lipinski definition) is 5. The summed E-state index contributed by atoms with van der Waals surface area (Å²) < 4.78 is 6.44. The predicted molar refractivity (Wildman–Crippen MR) is 71.5 cm³/mol. The van der Waals surface area contributed by atoms with Crippen molar-refractivity contribution in [2.45, 2.75) is 0 Å². The first-order valence-electron chi connectivity index (χ1n) is 5.49. The lowest BCUT2D eigenvalue weighted by molar-refractivity contribution is 0.205. The Hall–Kier alpha value is -1.41. The average Bonchev–Trinajstić information content (AvgIpc) is 2.76. The van der Waals surface area contributed by atoms with Crippen LogP contribution >= 0.6 is 15.9 Å². The van der Waals surface area contributed by atoms with Gasteiger partial charge in [0.05, 0.1) is 6.61 Å². The van der Waals surface area contributed by atoms with Crippen molar-refractivity contribution in [2.75, 3.05) is 37.0 Å². The molecule has 0 bridgehead atoms. The van der Waals surface area contributed by atoms with Gasteiger partial charge in [-0.1, -0.05) is 15.9 Å². The van der Waals surface area contributed by atoms with Crippen molar-refractivity contribution in [1.82, 2.24) is 19.6 Å². The minimum atomic E-state index is -0.284. The van der Waals surface area contributed by atoms with E-state index in [0.717, 1.165) is 24.2 Å². The number of H-pyrrole nitrogens is 1. The summed E-state index contributed by atoms with van der Waals surface area (Å²) in [5.41, 5.74) is 0.273. The Morgan fingerprint density at radius 2 is 2.39 bits per heavy atom. The van der Waals surface area contributed by atoms with Gasteiger partial charge in [-0.25, -0.2) is 19.3 Å². The van der Waals surface area contributed by atoms with Gasteiger partial charge in [-0.3, -0.25) is 0 Å². The van der Waals surface area contributed by atoms with Crippen LogP contribution in [-0.4, -0.2) is 51.7 Å². The minimum absolute atomic E-state index is 0.284. The molecule has 0 unspecified atom stereocenters. The number of methoxy groups -OCH3 is 1. The highest BCUT2D eigenvalue weighted by atomic mass is 79.9. The number of alkyl halides is 1. The summed E-state index contributed by atoms with van der Waals surface area (Å²) in [5.74, 6) is 0.776. The third-order valence-electron chi connectivity index (χ3n) is 2.54. The number of hydrogen-bond donors (Lipinski definition) is 1. The van der Waals surface area contributed by atoms with Crippen LogP contribution in [0.15, 0.2) is 17.2 Å². The molecule has 7 nitrogen and oxygen atoms in total. The van der Waals surface area contributed by atoms with Gasteiger partial charge in [-0.05, 0) is 0 Å². The first kappa shape index (κ1) is 13.0. The highest BCUT2D eigenvalue weighted by Crippen LogP contribution is 2.11. The number of aromatic nitrogens is 4. The van der Waals surface area contributed by atoms with Crippen LogP contribution in [0, 0.1) is 0 Å². The topological polar surface area (TPSA) is 75.5 Å². The standard InChI is InChI=1S/C10H14BrN5O2/c1-18-5-4-15(3-2-11)8-6-9-13-14-10(17)16(9)7-12-8/h6-7H,2-5H2,1H3,(H,14,17).